The van der Waals surface area contributed by atoms with Crippen molar-refractivity contribution in [3.8, 4) is 11.8 Å². The molecular weight excluding hydrogens is 296 g/mol. The van der Waals surface area contributed by atoms with Gasteiger partial charge in [0, 0.05) is 11.1 Å². The maximum absolute atomic E-state index is 12.4. The minimum atomic E-state index is -0.915. The monoisotopic (exact) mass is 312 g/mol. The molecule has 1 aromatic carbocycles. The largest absolute Gasteiger partial charge is 0.483 e. The molecule has 0 bridgehead atoms. The molecule has 1 aromatic heterocycles. The number of hydrogen-bond donors (Lipinski definition) is 0. The van der Waals surface area contributed by atoms with Gasteiger partial charge in [-0.1, -0.05) is 6.07 Å². The molecule has 1 heterocycles. The lowest BCUT2D eigenvalue weighted by atomic mass is 9.98. The Morgan fingerprint density at radius 2 is 2.00 bits per heavy atom. The average Bonchev–Trinajstić information content (AvgIpc) is 2.57. The quantitative estimate of drug-likeness (QED) is 0.764. The maximum Gasteiger partial charge on any atom is 0.196 e. The molecule has 5 heteroatoms. The van der Waals surface area contributed by atoms with E-state index in [1.807, 2.05) is 36.6 Å². The van der Waals surface area contributed by atoms with Crippen LogP contribution in [0.25, 0.3) is 0 Å². The van der Waals surface area contributed by atoms with Crippen LogP contribution in [-0.4, -0.2) is 23.1 Å². The molecule has 112 valence electrons. The zero-order valence-electron chi connectivity index (χ0n) is 12.4. The molecule has 0 aliphatic rings. The lowest BCUT2D eigenvalue weighted by Crippen LogP contribution is -2.29. The molecule has 0 saturated carbocycles. The second kappa shape index (κ2) is 7.62. The van der Waals surface area contributed by atoms with Crippen molar-refractivity contribution in [1.29, 1.82) is 5.26 Å². The number of nitrogens with zero attached hydrogens (tertiary/aromatic N) is 2. The summed E-state index contributed by atoms with van der Waals surface area (Å²) < 4.78 is 5.64. The van der Waals surface area contributed by atoms with Crippen LogP contribution in [-0.2, 0) is 4.79 Å². The van der Waals surface area contributed by atoms with Gasteiger partial charge < -0.3 is 4.74 Å². The summed E-state index contributed by atoms with van der Waals surface area (Å²) >= 11 is 1.63. The number of nitriles is 1. The molecule has 2 aromatic rings. The fraction of sp³-hybridized carbons (Fsp3) is 0.235. The summed E-state index contributed by atoms with van der Waals surface area (Å²) in [6, 6.07) is 14.7. The number of benzene rings is 1. The van der Waals surface area contributed by atoms with Gasteiger partial charge in [-0.2, -0.15) is 5.26 Å². The van der Waals surface area contributed by atoms with E-state index in [4.69, 9.17) is 4.74 Å². The zero-order valence-corrected chi connectivity index (χ0v) is 13.2. The highest BCUT2D eigenvalue weighted by Crippen LogP contribution is 2.22. The van der Waals surface area contributed by atoms with Gasteiger partial charge in [0.15, 0.2) is 17.8 Å². The van der Waals surface area contributed by atoms with E-state index in [1.54, 1.807) is 43.1 Å². The van der Waals surface area contributed by atoms with Gasteiger partial charge in [-0.15, -0.1) is 11.8 Å². The third kappa shape index (κ3) is 3.86. The van der Waals surface area contributed by atoms with Gasteiger partial charge in [-0.3, -0.25) is 9.78 Å². The lowest BCUT2D eigenvalue weighted by molar-refractivity contribution is -0.125. The fourth-order valence-electron chi connectivity index (χ4n) is 1.97. The molecule has 2 atom stereocenters. The SMILES string of the molecule is CSc1ccc(O[C@@H](C)C(=O)[C@H](C#N)c2ccccn2)cc1. The molecule has 0 N–H and O–H groups in total. The highest BCUT2D eigenvalue weighted by Gasteiger charge is 2.27. The first-order chi connectivity index (χ1) is 10.7. The Morgan fingerprint density at radius 1 is 1.27 bits per heavy atom. The zero-order chi connectivity index (χ0) is 15.9. The summed E-state index contributed by atoms with van der Waals surface area (Å²) in [5.74, 6) is -0.604. The van der Waals surface area contributed by atoms with Crippen LogP contribution in [0.5, 0.6) is 5.75 Å². The first kappa shape index (κ1) is 16.1. The number of ketones is 1. The van der Waals surface area contributed by atoms with E-state index < -0.39 is 12.0 Å². The molecule has 2 rings (SSSR count). The van der Waals surface area contributed by atoms with Crippen molar-refractivity contribution >= 4 is 17.5 Å². The number of hydrogen-bond acceptors (Lipinski definition) is 5. The standard InChI is InChI=1S/C17H16N2O2S/c1-12(21-13-6-8-14(22-2)9-7-13)17(20)15(11-18)16-5-3-4-10-19-16/h3-10,12,15H,1-2H3/t12-,15+/m0/s1. The van der Waals surface area contributed by atoms with E-state index in [1.165, 1.54) is 0 Å². The summed E-state index contributed by atoms with van der Waals surface area (Å²) in [6.07, 6.45) is 2.85. The van der Waals surface area contributed by atoms with Gasteiger partial charge in [-0.05, 0) is 49.6 Å². The summed E-state index contributed by atoms with van der Waals surface area (Å²) in [7, 11) is 0. The van der Waals surface area contributed by atoms with Gasteiger partial charge in [0.1, 0.15) is 5.75 Å². The number of ether oxygens (including phenoxy) is 1. The number of thioether (sulfide) groups is 1. The molecule has 0 spiro atoms. The van der Waals surface area contributed by atoms with Crippen LogP contribution >= 0.6 is 11.8 Å². The Morgan fingerprint density at radius 3 is 2.55 bits per heavy atom. The second-order valence-corrected chi connectivity index (χ2v) is 5.53. The third-order valence-corrected chi connectivity index (χ3v) is 3.91. The van der Waals surface area contributed by atoms with Crippen molar-refractivity contribution in [3.05, 3.63) is 54.4 Å². The van der Waals surface area contributed by atoms with E-state index in [0.29, 0.717) is 11.4 Å². The van der Waals surface area contributed by atoms with E-state index in [2.05, 4.69) is 4.98 Å². The van der Waals surface area contributed by atoms with E-state index >= 15 is 0 Å². The maximum atomic E-state index is 12.4. The Labute approximate surface area is 134 Å². The highest BCUT2D eigenvalue weighted by molar-refractivity contribution is 7.98. The van der Waals surface area contributed by atoms with E-state index in [9.17, 15) is 10.1 Å². The van der Waals surface area contributed by atoms with Crippen molar-refractivity contribution in [1.82, 2.24) is 4.98 Å². The van der Waals surface area contributed by atoms with Crippen LogP contribution in [0, 0.1) is 11.3 Å². The van der Waals surface area contributed by atoms with Gasteiger partial charge in [0.2, 0.25) is 0 Å². The second-order valence-electron chi connectivity index (χ2n) is 4.65. The summed E-state index contributed by atoms with van der Waals surface area (Å²) in [6.45, 7) is 1.65. The molecule has 0 aliphatic heterocycles. The van der Waals surface area contributed by atoms with Crippen molar-refractivity contribution in [2.45, 2.75) is 23.8 Å². The number of pyridine rings is 1. The predicted octanol–water partition coefficient (Wildman–Crippen LogP) is 3.45. The van der Waals surface area contributed by atoms with Crippen molar-refractivity contribution in [3.63, 3.8) is 0 Å². The molecule has 22 heavy (non-hydrogen) atoms. The van der Waals surface area contributed by atoms with Crippen molar-refractivity contribution < 1.29 is 9.53 Å². The average molecular weight is 312 g/mol. The Bertz CT molecular complexity index is 665. The van der Waals surface area contributed by atoms with E-state index in [-0.39, 0.29) is 5.78 Å². The molecule has 0 aliphatic carbocycles. The smallest absolute Gasteiger partial charge is 0.196 e. The van der Waals surface area contributed by atoms with Crippen molar-refractivity contribution in [2.24, 2.45) is 0 Å². The summed E-state index contributed by atoms with van der Waals surface area (Å²) in [4.78, 5) is 17.6. The number of Topliss-reactive ketones (excluding diaryl/α,β-unsaturated/α-hetero) is 1. The minimum absolute atomic E-state index is 0.296. The first-order valence-corrected chi connectivity index (χ1v) is 8.03. The molecule has 0 unspecified atom stereocenters. The molecule has 0 amide bonds. The third-order valence-electron chi connectivity index (χ3n) is 3.17. The van der Waals surface area contributed by atoms with Crippen molar-refractivity contribution in [2.75, 3.05) is 6.26 Å². The Kier molecular flexibility index (Phi) is 5.56. The first-order valence-electron chi connectivity index (χ1n) is 6.80. The predicted molar refractivity (Wildman–Crippen MR) is 85.9 cm³/mol. The number of carbonyl (C=O) groups excluding carboxylic acids is 1. The van der Waals surface area contributed by atoms with Gasteiger partial charge >= 0.3 is 0 Å². The number of aromatic nitrogens is 1. The molecular formula is C17H16N2O2S. The van der Waals surface area contributed by atoms with Crippen LogP contribution in [0.1, 0.15) is 18.5 Å². The molecule has 0 fully saturated rings. The summed E-state index contributed by atoms with van der Waals surface area (Å²) in [5, 5.41) is 9.26. The fourth-order valence-corrected chi connectivity index (χ4v) is 2.38. The molecule has 0 radical (unpaired) electrons. The van der Waals surface area contributed by atoms with Crippen LogP contribution in [0.15, 0.2) is 53.6 Å². The van der Waals surface area contributed by atoms with Crippen LogP contribution < -0.4 is 4.74 Å². The lowest BCUT2D eigenvalue weighted by Gasteiger charge is -2.16. The van der Waals surface area contributed by atoms with Crippen LogP contribution in [0.4, 0.5) is 0 Å². The normalized spacial score (nSPS) is 13.0. The Balaban J connectivity index is 2.09. The van der Waals surface area contributed by atoms with Crippen LogP contribution in [0.2, 0.25) is 0 Å². The summed E-state index contributed by atoms with van der Waals surface area (Å²) in [5.41, 5.74) is 0.447. The van der Waals surface area contributed by atoms with Gasteiger partial charge in [0.05, 0.1) is 11.8 Å². The van der Waals surface area contributed by atoms with Gasteiger partial charge in [0.25, 0.3) is 0 Å². The topological polar surface area (TPSA) is 63.0 Å². The minimum Gasteiger partial charge on any atom is -0.483 e. The number of carbonyl (C=O) groups is 1. The highest BCUT2D eigenvalue weighted by atomic mass is 32.2. The van der Waals surface area contributed by atoms with E-state index in [0.717, 1.165) is 4.90 Å². The van der Waals surface area contributed by atoms with Crippen LogP contribution in [0.3, 0.4) is 0 Å². The Hall–Kier alpha value is -2.32. The molecule has 0 saturated heterocycles. The molecule has 4 nitrogen and oxygen atoms in total. The number of rotatable bonds is 6. The van der Waals surface area contributed by atoms with Gasteiger partial charge in [-0.25, -0.2) is 0 Å².